The third-order valence-corrected chi connectivity index (χ3v) is 6.76. The number of hydrogen-bond acceptors (Lipinski definition) is 2. The third-order valence-electron chi connectivity index (χ3n) is 6.76. The van der Waals surface area contributed by atoms with Crippen LogP contribution in [0.4, 0.5) is 5.69 Å². The molecular weight excluding hydrogens is 292 g/mol. The van der Waals surface area contributed by atoms with Crippen LogP contribution in [0.3, 0.4) is 0 Å². The summed E-state index contributed by atoms with van der Waals surface area (Å²) in [6, 6.07) is 10.9. The summed E-state index contributed by atoms with van der Waals surface area (Å²) in [5, 5.41) is 7.68. The molecule has 0 N–H and O–H groups in total. The van der Waals surface area contributed by atoms with Crippen LogP contribution in [0.1, 0.15) is 59.3 Å². The van der Waals surface area contributed by atoms with E-state index in [2.05, 4.69) is 56.1 Å². The summed E-state index contributed by atoms with van der Waals surface area (Å²) in [7, 11) is 0. The van der Waals surface area contributed by atoms with Crippen LogP contribution in [-0.2, 0) is 0 Å². The first kappa shape index (κ1) is 14.7. The first-order chi connectivity index (χ1) is 11.5. The average Bonchev–Trinajstić information content (AvgIpc) is 2.79. The molecule has 1 heterocycles. The summed E-state index contributed by atoms with van der Waals surface area (Å²) in [4.78, 5) is 0. The summed E-state index contributed by atoms with van der Waals surface area (Å²) in [5.74, 6) is 1.52. The molecule has 1 fully saturated rings. The van der Waals surface area contributed by atoms with Gasteiger partial charge in [0.05, 0.1) is 16.9 Å². The molecule has 4 aliphatic rings. The lowest BCUT2D eigenvalue weighted by molar-refractivity contribution is 0.0941. The Morgan fingerprint density at radius 3 is 2.62 bits per heavy atom. The smallest absolute Gasteiger partial charge is 0.0908 e. The molecule has 1 spiro atoms. The summed E-state index contributed by atoms with van der Waals surface area (Å²) >= 11 is 0. The van der Waals surface area contributed by atoms with Crippen molar-refractivity contribution in [3.05, 3.63) is 41.5 Å². The van der Waals surface area contributed by atoms with Gasteiger partial charge < -0.3 is 0 Å². The lowest BCUT2D eigenvalue weighted by Crippen LogP contribution is -2.56. The van der Waals surface area contributed by atoms with E-state index < -0.39 is 0 Å². The van der Waals surface area contributed by atoms with Crippen molar-refractivity contribution in [2.75, 3.05) is 5.01 Å². The highest BCUT2D eigenvalue weighted by atomic mass is 15.5. The number of hydrogen-bond donors (Lipinski definition) is 0. The molecule has 4 unspecified atom stereocenters. The molecule has 24 heavy (non-hydrogen) atoms. The van der Waals surface area contributed by atoms with E-state index in [9.17, 15) is 0 Å². The maximum Gasteiger partial charge on any atom is 0.0908 e. The first-order valence-electron chi connectivity index (χ1n) is 9.65. The minimum Gasteiger partial charge on any atom is -0.255 e. The van der Waals surface area contributed by atoms with E-state index >= 15 is 0 Å². The standard InChI is InChI=1S/C22H28N2/c1-15-9-17-13-21(3)11-16(2)12-22(14-21)20(17)19(10-15)23-24(22)18-7-5-4-6-8-18/h4-8,15-16H,9-14H2,1-3H3. The Morgan fingerprint density at radius 2 is 1.83 bits per heavy atom. The van der Waals surface area contributed by atoms with Crippen molar-refractivity contribution < 1.29 is 0 Å². The highest BCUT2D eigenvalue weighted by Gasteiger charge is 2.59. The van der Waals surface area contributed by atoms with Gasteiger partial charge in [-0.2, -0.15) is 5.10 Å². The highest BCUT2D eigenvalue weighted by Crippen LogP contribution is 2.62. The lowest BCUT2D eigenvalue weighted by atomic mass is 9.52. The van der Waals surface area contributed by atoms with Crippen LogP contribution in [0.15, 0.2) is 46.6 Å². The molecule has 126 valence electrons. The van der Waals surface area contributed by atoms with Gasteiger partial charge in [0.2, 0.25) is 0 Å². The maximum absolute atomic E-state index is 5.24. The Hall–Kier alpha value is -1.57. The van der Waals surface area contributed by atoms with Crippen molar-refractivity contribution in [2.24, 2.45) is 22.4 Å². The Balaban J connectivity index is 1.73. The van der Waals surface area contributed by atoms with Crippen LogP contribution in [0, 0.1) is 17.3 Å². The minimum atomic E-state index is 0.136. The van der Waals surface area contributed by atoms with E-state index in [0.717, 1.165) is 18.3 Å². The number of para-hydroxylation sites is 1. The van der Waals surface area contributed by atoms with Gasteiger partial charge in [-0.05, 0) is 67.9 Å². The predicted molar refractivity (Wildman–Crippen MR) is 100 cm³/mol. The van der Waals surface area contributed by atoms with E-state index in [4.69, 9.17) is 5.10 Å². The lowest BCUT2D eigenvalue weighted by Gasteiger charge is -2.56. The largest absolute Gasteiger partial charge is 0.255 e. The van der Waals surface area contributed by atoms with Gasteiger partial charge in [-0.15, -0.1) is 0 Å². The van der Waals surface area contributed by atoms with Gasteiger partial charge in [-0.25, -0.2) is 0 Å². The number of nitrogens with zero attached hydrogens (tertiary/aromatic N) is 2. The van der Waals surface area contributed by atoms with Crippen molar-refractivity contribution in [2.45, 2.75) is 64.8 Å². The number of allylic oxidation sites excluding steroid dienone is 1. The van der Waals surface area contributed by atoms with Gasteiger partial charge in [0.1, 0.15) is 0 Å². The Bertz CT molecular complexity index is 746. The summed E-state index contributed by atoms with van der Waals surface area (Å²) in [6.07, 6.45) is 7.67. The molecule has 2 bridgehead atoms. The number of hydrazone groups is 1. The van der Waals surface area contributed by atoms with Gasteiger partial charge in [0.25, 0.3) is 0 Å². The molecule has 2 nitrogen and oxygen atoms in total. The molecule has 3 aliphatic carbocycles. The van der Waals surface area contributed by atoms with Crippen LogP contribution < -0.4 is 5.01 Å². The fourth-order valence-electron chi connectivity index (χ4n) is 6.62. The zero-order valence-corrected chi connectivity index (χ0v) is 15.2. The fourth-order valence-corrected chi connectivity index (χ4v) is 6.62. The van der Waals surface area contributed by atoms with Gasteiger partial charge in [0.15, 0.2) is 0 Å². The summed E-state index contributed by atoms with van der Waals surface area (Å²) in [5.41, 5.74) is 6.67. The van der Waals surface area contributed by atoms with Crippen LogP contribution in [-0.4, -0.2) is 11.3 Å². The van der Waals surface area contributed by atoms with E-state index in [1.165, 1.54) is 43.5 Å². The molecule has 0 aromatic heterocycles. The summed E-state index contributed by atoms with van der Waals surface area (Å²) in [6.45, 7) is 7.39. The van der Waals surface area contributed by atoms with Crippen molar-refractivity contribution in [3.63, 3.8) is 0 Å². The first-order valence-corrected chi connectivity index (χ1v) is 9.65. The number of benzene rings is 1. The molecule has 1 saturated carbocycles. The molecule has 0 amide bonds. The van der Waals surface area contributed by atoms with Gasteiger partial charge in [-0.1, -0.05) is 44.5 Å². The zero-order chi connectivity index (χ0) is 16.5. The van der Waals surface area contributed by atoms with Gasteiger partial charge >= 0.3 is 0 Å². The van der Waals surface area contributed by atoms with Crippen LogP contribution >= 0.6 is 0 Å². The normalized spacial score (nSPS) is 40.5. The molecule has 1 aromatic carbocycles. The quantitative estimate of drug-likeness (QED) is 0.661. The SMILES string of the molecule is CC1CC2=NN(c3ccccc3)C34CC(C)CC(C)(CC(=C23)C1)C4. The monoisotopic (exact) mass is 320 g/mol. The zero-order valence-electron chi connectivity index (χ0n) is 15.2. The van der Waals surface area contributed by atoms with Crippen molar-refractivity contribution in [3.8, 4) is 0 Å². The van der Waals surface area contributed by atoms with Crippen molar-refractivity contribution in [1.29, 1.82) is 0 Å². The van der Waals surface area contributed by atoms with Crippen molar-refractivity contribution in [1.82, 2.24) is 0 Å². The highest BCUT2D eigenvalue weighted by molar-refractivity contribution is 6.07. The van der Waals surface area contributed by atoms with Crippen LogP contribution in [0.2, 0.25) is 0 Å². The minimum absolute atomic E-state index is 0.136. The molecule has 2 heteroatoms. The van der Waals surface area contributed by atoms with E-state index in [1.54, 1.807) is 11.1 Å². The summed E-state index contributed by atoms with van der Waals surface area (Å²) < 4.78 is 0. The molecule has 5 rings (SSSR count). The van der Waals surface area contributed by atoms with Crippen LogP contribution in [0.25, 0.3) is 0 Å². The molecule has 0 radical (unpaired) electrons. The molecule has 4 atom stereocenters. The van der Waals surface area contributed by atoms with E-state index in [-0.39, 0.29) is 5.54 Å². The number of anilines is 1. The van der Waals surface area contributed by atoms with E-state index in [0.29, 0.717) is 5.41 Å². The van der Waals surface area contributed by atoms with Crippen LogP contribution in [0.5, 0.6) is 0 Å². The van der Waals surface area contributed by atoms with E-state index in [1.807, 2.05) is 0 Å². The van der Waals surface area contributed by atoms with Gasteiger partial charge in [0, 0.05) is 5.57 Å². The Morgan fingerprint density at radius 1 is 1.04 bits per heavy atom. The predicted octanol–water partition coefficient (Wildman–Crippen LogP) is 5.56. The Kier molecular flexibility index (Phi) is 2.91. The number of fused-ring (bicyclic) bond motifs is 1. The Labute approximate surface area is 145 Å². The number of rotatable bonds is 1. The molecular formula is C22H28N2. The topological polar surface area (TPSA) is 15.6 Å². The third kappa shape index (κ3) is 1.92. The van der Waals surface area contributed by atoms with Gasteiger partial charge in [-0.3, -0.25) is 5.01 Å². The fraction of sp³-hybridized carbons (Fsp3) is 0.591. The molecule has 0 saturated heterocycles. The van der Waals surface area contributed by atoms with Crippen molar-refractivity contribution >= 4 is 11.4 Å². The molecule has 1 aromatic rings. The average molecular weight is 320 g/mol. The second-order valence-electron chi connectivity index (χ2n) is 9.40. The molecule has 1 aliphatic heterocycles. The maximum atomic E-state index is 5.24. The second-order valence-corrected chi connectivity index (χ2v) is 9.40. The second kappa shape index (κ2) is 4.74.